The lowest BCUT2D eigenvalue weighted by Gasteiger charge is -2.31. The van der Waals surface area contributed by atoms with Crippen molar-refractivity contribution in [3.05, 3.63) is 35.4 Å². The molecule has 4 heteroatoms. The molecule has 0 heterocycles. The largest absolute Gasteiger partial charge is 0.355 e. The SMILES string of the molecule is CCC(CC)(CN)C(=O)NCC1CCCc2ccccc21.Cl. The number of hydrogen-bond acceptors (Lipinski definition) is 2. The van der Waals surface area contributed by atoms with Gasteiger partial charge in [-0.1, -0.05) is 38.1 Å². The molecule has 0 saturated carbocycles. The third-order valence-electron chi connectivity index (χ3n) is 5.23. The number of carbonyl (C=O) groups excluding carboxylic acids is 1. The van der Waals surface area contributed by atoms with Gasteiger partial charge in [0.25, 0.3) is 0 Å². The predicted octanol–water partition coefficient (Wildman–Crippen LogP) is 3.41. The molecule has 2 rings (SSSR count). The lowest BCUT2D eigenvalue weighted by atomic mass is 9.80. The van der Waals surface area contributed by atoms with E-state index in [2.05, 4.69) is 29.6 Å². The number of fused-ring (bicyclic) bond motifs is 1. The van der Waals surface area contributed by atoms with E-state index in [0.29, 0.717) is 12.5 Å². The third-order valence-corrected chi connectivity index (χ3v) is 5.23. The third kappa shape index (κ3) is 3.82. The van der Waals surface area contributed by atoms with Crippen LogP contribution in [-0.2, 0) is 11.2 Å². The van der Waals surface area contributed by atoms with Crippen molar-refractivity contribution in [3.8, 4) is 0 Å². The molecule has 1 unspecified atom stereocenters. The molecule has 0 saturated heterocycles. The molecule has 1 aromatic carbocycles. The highest BCUT2D eigenvalue weighted by atomic mass is 35.5. The summed E-state index contributed by atoms with van der Waals surface area (Å²) in [6.07, 6.45) is 5.13. The van der Waals surface area contributed by atoms with Gasteiger partial charge in [-0.15, -0.1) is 12.4 Å². The number of aryl methyl sites for hydroxylation is 1. The van der Waals surface area contributed by atoms with Crippen molar-refractivity contribution in [1.29, 1.82) is 0 Å². The van der Waals surface area contributed by atoms with Crippen LogP contribution in [0.2, 0.25) is 0 Å². The molecule has 1 aliphatic carbocycles. The zero-order chi connectivity index (χ0) is 15.3. The van der Waals surface area contributed by atoms with Gasteiger partial charge in [0.1, 0.15) is 0 Å². The predicted molar refractivity (Wildman–Crippen MR) is 94.4 cm³/mol. The van der Waals surface area contributed by atoms with E-state index in [1.165, 1.54) is 17.5 Å². The van der Waals surface area contributed by atoms with Gasteiger partial charge < -0.3 is 11.1 Å². The number of amides is 1. The average molecular weight is 325 g/mol. The zero-order valence-electron chi connectivity index (χ0n) is 13.7. The summed E-state index contributed by atoms with van der Waals surface area (Å²) in [7, 11) is 0. The molecule has 0 spiro atoms. The van der Waals surface area contributed by atoms with E-state index in [9.17, 15) is 4.79 Å². The second kappa shape index (κ2) is 8.54. The van der Waals surface area contributed by atoms with Crippen molar-refractivity contribution in [1.82, 2.24) is 5.32 Å². The Labute approximate surface area is 140 Å². The molecule has 0 fully saturated rings. The summed E-state index contributed by atoms with van der Waals surface area (Å²) in [5, 5.41) is 3.17. The summed E-state index contributed by atoms with van der Waals surface area (Å²) in [5.74, 6) is 0.571. The van der Waals surface area contributed by atoms with Crippen LogP contribution < -0.4 is 11.1 Å². The van der Waals surface area contributed by atoms with Crippen LogP contribution in [0.5, 0.6) is 0 Å². The van der Waals surface area contributed by atoms with Gasteiger partial charge in [0.15, 0.2) is 0 Å². The summed E-state index contributed by atoms with van der Waals surface area (Å²) in [6, 6.07) is 8.63. The van der Waals surface area contributed by atoms with Crippen LogP contribution in [0.15, 0.2) is 24.3 Å². The first-order chi connectivity index (χ1) is 10.2. The van der Waals surface area contributed by atoms with E-state index in [4.69, 9.17) is 5.73 Å². The van der Waals surface area contributed by atoms with Gasteiger partial charge in [-0.2, -0.15) is 0 Å². The highest BCUT2D eigenvalue weighted by molar-refractivity contribution is 5.85. The van der Waals surface area contributed by atoms with Crippen LogP contribution in [0.3, 0.4) is 0 Å². The van der Waals surface area contributed by atoms with Gasteiger partial charge in [0.2, 0.25) is 5.91 Å². The summed E-state index contributed by atoms with van der Waals surface area (Å²) in [5.41, 5.74) is 8.32. The van der Waals surface area contributed by atoms with Crippen LogP contribution >= 0.6 is 12.4 Å². The second-order valence-corrected chi connectivity index (χ2v) is 6.19. The Kier molecular flexibility index (Phi) is 7.37. The van der Waals surface area contributed by atoms with E-state index in [0.717, 1.165) is 32.2 Å². The van der Waals surface area contributed by atoms with E-state index in [1.54, 1.807) is 0 Å². The molecule has 0 radical (unpaired) electrons. The Morgan fingerprint density at radius 3 is 2.64 bits per heavy atom. The monoisotopic (exact) mass is 324 g/mol. The minimum Gasteiger partial charge on any atom is -0.355 e. The minimum absolute atomic E-state index is 0. The van der Waals surface area contributed by atoms with Crippen molar-refractivity contribution < 1.29 is 4.79 Å². The van der Waals surface area contributed by atoms with E-state index < -0.39 is 5.41 Å². The molecule has 3 nitrogen and oxygen atoms in total. The Balaban J connectivity index is 0.00000242. The smallest absolute Gasteiger partial charge is 0.227 e. The second-order valence-electron chi connectivity index (χ2n) is 6.19. The molecule has 0 bridgehead atoms. The average Bonchev–Trinajstić information content (AvgIpc) is 2.55. The lowest BCUT2D eigenvalue weighted by Crippen LogP contribution is -2.46. The standard InChI is InChI=1S/C18H28N2O.ClH/c1-3-18(4-2,13-19)17(21)20-12-15-10-7-9-14-8-5-6-11-16(14)15;/h5-6,8,11,15H,3-4,7,9-10,12-13,19H2,1-2H3,(H,20,21);1H. The molecule has 3 N–H and O–H groups in total. The maximum atomic E-state index is 12.5. The first-order valence-corrected chi connectivity index (χ1v) is 8.23. The molecule has 22 heavy (non-hydrogen) atoms. The van der Waals surface area contributed by atoms with Gasteiger partial charge in [0, 0.05) is 19.0 Å². The number of benzene rings is 1. The summed E-state index contributed by atoms with van der Waals surface area (Å²) in [4.78, 5) is 12.5. The topological polar surface area (TPSA) is 55.1 Å². The number of nitrogens with one attached hydrogen (secondary N) is 1. The Morgan fingerprint density at radius 2 is 2.00 bits per heavy atom. The fraction of sp³-hybridized carbons (Fsp3) is 0.611. The fourth-order valence-corrected chi connectivity index (χ4v) is 3.42. The van der Waals surface area contributed by atoms with Gasteiger partial charge in [-0.25, -0.2) is 0 Å². The maximum absolute atomic E-state index is 12.5. The number of halogens is 1. The zero-order valence-corrected chi connectivity index (χ0v) is 14.5. The van der Waals surface area contributed by atoms with Crippen LogP contribution in [-0.4, -0.2) is 19.0 Å². The van der Waals surface area contributed by atoms with Crippen molar-refractivity contribution >= 4 is 18.3 Å². The molecule has 1 atom stereocenters. The number of rotatable bonds is 6. The van der Waals surface area contributed by atoms with Crippen LogP contribution in [0.25, 0.3) is 0 Å². The van der Waals surface area contributed by atoms with Crippen molar-refractivity contribution in [2.75, 3.05) is 13.1 Å². The molecule has 1 aliphatic rings. The van der Waals surface area contributed by atoms with E-state index in [1.807, 2.05) is 13.8 Å². The number of hydrogen-bond donors (Lipinski definition) is 2. The van der Waals surface area contributed by atoms with Crippen molar-refractivity contribution in [3.63, 3.8) is 0 Å². The summed E-state index contributed by atoms with van der Waals surface area (Å²) < 4.78 is 0. The van der Waals surface area contributed by atoms with Crippen LogP contribution in [0.1, 0.15) is 56.6 Å². The normalized spacial score (nSPS) is 17.3. The highest BCUT2D eigenvalue weighted by Gasteiger charge is 2.33. The van der Waals surface area contributed by atoms with Crippen molar-refractivity contribution in [2.24, 2.45) is 11.1 Å². The molecule has 1 aromatic rings. The number of nitrogens with two attached hydrogens (primary N) is 1. The Bertz CT molecular complexity index is 477. The molecule has 1 amide bonds. The summed E-state index contributed by atoms with van der Waals surface area (Å²) >= 11 is 0. The van der Waals surface area contributed by atoms with E-state index in [-0.39, 0.29) is 18.3 Å². The Morgan fingerprint density at radius 1 is 1.32 bits per heavy atom. The molecule has 124 valence electrons. The number of carbonyl (C=O) groups is 1. The lowest BCUT2D eigenvalue weighted by molar-refractivity contribution is -0.131. The first-order valence-electron chi connectivity index (χ1n) is 8.23. The van der Waals surface area contributed by atoms with Gasteiger partial charge >= 0.3 is 0 Å². The van der Waals surface area contributed by atoms with Gasteiger partial charge in [-0.3, -0.25) is 4.79 Å². The molecule has 0 aliphatic heterocycles. The van der Waals surface area contributed by atoms with Gasteiger partial charge in [0.05, 0.1) is 5.41 Å². The molecular formula is C18H29ClN2O. The van der Waals surface area contributed by atoms with Crippen LogP contribution in [0.4, 0.5) is 0 Å². The van der Waals surface area contributed by atoms with Gasteiger partial charge in [-0.05, 0) is 43.2 Å². The highest BCUT2D eigenvalue weighted by Crippen LogP contribution is 2.31. The fourth-order valence-electron chi connectivity index (χ4n) is 3.42. The molecule has 0 aromatic heterocycles. The minimum atomic E-state index is -0.395. The Hall–Kier alpha value is -1.06. The first kappa shape index (κ1) is 19.0. The van der Waals surface area contributed by atoms with Crippen molar-refractivity contribution in [2.45, 2.75) is 51.9 Å². The quantitative estimate of drug-likeness (QED) is 0.842. The van der Waals surface area contributed by atoms with E-state index >= 15 is 0 Å². The summed E-state index contributed by atoms with van der Waals surface area (Å²) in [6.45, 7) is 5.25. The maximum Gasteiger partial charge on any atom is 0.227 e. The van der Waals surface area contributed by atoms with Crippen LogP contribution in [0, 0.1) is 5.41 Å². The molecular weight excluding hydrogens is 296 g/mol.